The van der Waals surface area contributed by atoms with Crippen molar-refractivity contribution >= 4 is 22.6 Å². The Bertz CT molecular complexity index is 275. The third kappa shape index (κ3) is 3.59. The highest BCUT2D eigenvalue weighted by molar-refractivity contribution is 14.1. The summed E-state index contributed by atoms with van der Waals surface area (Å²) in [5, 5.41) is 12.2. The zero-order valence-electron chi connectivity index (χ0n) is 8.46. The monoisotopic (exact) mass is 309 g/mol. The minimum Gasteiger partial charge on any atom is -0.454 e. The van der Waals surface area contributed by atoms with Crippen LogP contribution in [0.1, 0.15) is 19.6 Å². The van der Waals surface area contributed by atoms with Crippen molar-refractivity contribution in [2.75, 3.05) is 6.61 Å². The lowest BCUT2D eigenvalue weighted by atomic mass is 10.1. The summed E-state index contributed by atoms with van der Waals surface area (Å²) in [5.74, 6) is 1.20. The lowest BCUT2D eigenvalue weighted by Crippen LogP contribution is -2.33. The van der Waals surface area contributed by atoms with E-state index in [9.17, 15) is 0 Å². The van der Waals surface area contributed by atoms with Crippen LogP contribution in [0.4, 0.5) is 0 Å². The molecule has 0 saturated carbocycles. The lowest BCUT2D eigenvalue weighted by Gasteiger charge is -2.18. The average Bonchev–Trinajstić information content (AvgIpc) is 2.59. The van der Waals surface area contributed by atoms with Crippen LogP contribution in [0.3, 0.4) is 0 Å². The number of furan rings is 1. The van der Waals surface area contributed by atoms with Crippen LogP contribution in [0.25, 0.3) is 0 Å². The predicted molar refractivity (Wildman–Crippen MR) is 64.0 cm³/mol. The summed E-state index contributed by atoms with van der Waals surface area (Å²) >= 11 is 2.14. The van der Waals surface area contributed by atoms with Crippen molar-refractivity contribution in [3.8, 4) is 0 Å². The molecule has 2 atom stereocenters. The van der Waals surface area contributed by atoms with Gasteiger partial charge >= 0.3 is 0 Å². The van der Waals surface area contributed by atoms with E-state index in [0.717, 1.165) is 9.53 Å². The molecule has 3 nitrogen and oxygen atoms in total. The maximum absolute atomic E-state index is 8.94. The Morgan fingerprint density at radius 3 is 2.71 bits per heavy atom. The van der Waals surface area contributed by atoms with Crippen LogP contribution in [-0.4, -0.2) is 17.8 Å². The Labute approximate surface area is 98.0 Å². The van der Waals surface area contributed by atoms with Crippen molar-refractivity contribution in [3.63, 3.8) is 0 Å². The quantitative estimate of drug-likeness (QED) is 0.818. The number of aliphatic hydroxyl groups excluding tert-OH is 1. The van der Waals surface area contributed by atoms with Crippen LogP contribution in [0.5, 0.6) is 0 Å². The highest BCUT2D eigenvalue weighted by Crippen LogP contribution is 2.10. The summed E-state index contributed by atoms with van der Waals surface area (Å²) in [4.78, 5) is 0. The van der Waals surface area contributed by atoms with Crippen LogP contribution in [0.2, 0.25) is 0 Å². The van der Waals surface area contributed by atoms with Crippen molar-refractivity contribution in [2.45, 2.75) is 26.4 Å². The molecular weight excluding hydrogens is 293 g/mol. The second-order valence-corrected chi connectivity index (χ2v) is 4.60. The average molecular weight is 309 g/mol. The lowest BCUT2D eigenvalue weighted by molar-refractivity contribution is 0.205. The maximum Gasteiger partial charge on any atom is 0.164 e. The molecule has 0 radical (unpaired) electrons. The number of aliphatic hydroxyl groups is 1. The Hall–Kier alpha value is -0.0700. The molecule has 0 fully saturated rings. The van der Waals surface area contributed by atoms with E-state index in [4.69, 9.17) is 9.52 Å². The fourth-order valence-electron chi connectivity index (χ4n) is 1.07. The van der Waals surface area contributed by atoms with E-state index in [1.54, 1.807) is 0 Å². The van der Waals surface area contributed by atoms with E-state index >= 15 is 0 Å². The molecule has 4 heteroatoms. The third-order valence-corrected chi connectivity index (χ3v) is 2.95. The van der Waals surface area contributed by atoms with Crippen molar-refractivity contribution < 1.29 is 9.52 Å². The molecular formula is C10H16INO2. The van der Waals surface area contributed by atoms with Crippen molar-refractivity contribution in [1.82, 2.24) is 5.32 Å². The SMILES string of the molecule is CC(CO)C(C)NCc1ccc(I)o1. The predicted octanol–water partition coefficient (Wildman–Crippen LogP) is 1.99. The fraction of sp³-hybridized carbons (Fsp3) is 0.600. The van der Waals surface area contributed by atoms with Gasteiger partial charge in [0.2, 0.25) is 0 Å². The Kier molecular flexibility index (Phi) is 4.91. The number of nitrogens with one attached hydrogen (secondary N) is 1. The number of halogens is 1. The van der Waals surface area contributed by atoms with Crippen molar-refractivity contribution in [2.24, 2.45) is 5.92 Å². The summed E-state index contributed by atoms with van der Waals surface area (Å²) < 4.78 is 6.31. The molecule has 14 heavy (non-hydrogen) atoms. The van der Waals surface area contributed by atoms with Gasteiger partial charge < -0.3 is 14.8 Å². The minimum atomic E-state index is 0.212. The van der Waals surface area contributed by atoms with Crippen LogP contribution >= 0.6 is 22.6 Å². The maximum atomic E-state index is 8.94. The van der Waals surface area contributed by atoms with Gasteiger partial charge in [0.05, 0.1) is 6.54 Å². The van der Waals surface area contributed by atoms with Gasteiger partial charge in [-0.3, -0.25) is 0 Å². The van der Waals surface area contributed by atoms with Crippen LogP contribution in [0, 0.1) is 9.68 Å². The van der Waals surface area contributed by atoms with E-state index in [2.05, 4.69) is 34.8 Å². The molecule has 2 unspecified atom stereocenters. The van der Waals surface area contributed by atoms with Gasteiger partial charge in [0.25, 0.3) is 0 Å². The van der Waals surface area contributed by atoms with E-state index in [0.29, 0.717) is 12.6 Å². The first-order valence-electron chi connectivity index (χ1n) is 4.72. The number of rotatable bonds is 5. The molecule has 2 N–H and O–H groups in total. The summed E-state index contributed by atoms with van der Waals surface area (Å²) in [6, 6.07) is 4.20. The van der Waals surface area contributed by atoms with Gasteiger partial charge in [-0.2, -0.15) is 0 Å². The first-order valence-corrected chi connectivity index (χ1v) is 5.79. The Balaban J connectivity index is 2.33. The molecule has 1 aromatic rings. The molecule has 1 rings (SSSR count). The van der Waals surface area contributed by atoms with Gasteiger partial charge in [-0.05, 0) is 47.6 Å². The van der Waals surface area contributed by atoms with Crippen LogP contribution in [0.15, 0.2) is 16.5 Å². The largest absolute Gasteiger partial charge is 0.454 e. The number of hydrogen-bond acceptors (Lipinski definition) is 3. The molecule has 0 spiro atoms. The van der Waals surface area contributed by atoms with E-state index in [1.807, 2.05) is 19.1 Å². The van der Waals surface area contributed by atoms with E-state index < -0.39 is 0 Å². The second kappa shape index (κ2) is 5.72. The Morgan fingerprint density at radius 2 is 2.21 bits per heavy atom. The second-order valence-electron chi connectivity index (χ2n) is 3.54. The first-order chi connectivity index (χ1) is 6.63. The molecule has 0 aliphatic heterocycles. The molecule has 0 bridgehead atoms. The summed E-state index contributed by atoms with van der Waals surface area (Å²) in [6.45, 7) is 5.01. The molecule has 1 aromatic heterocycles. The Morgan fingerprint density at radius 1 is 1.50 bits per heavy atom. The highest BCUT2D eigenvalue weighted by atomic mass is 127. The smallest absolute Gasteiger partial charge is 0.164 e. The standard InChI is InChI=1S/C10H16INO2/c1-7(6-13)8(2)12-5-9-3-4-10(11)14-9/h3-4,7-8,12-13H,5-6H2,1-2H3. The van der Waals surface area contributed by atoms with Crippen LogP contribution in [-0.2, 0) is 6.54 Å². The van der Waals surface area contributed by atoms with Gasteiger partial charge in [0.1, 0.15) is 5.76 Å². The topological polar surface area (TPSA) is 45.4 Å². The van der Waals surface area contributed by atoms with Crippen molar-refractivity contribution in [3.05, 3.63) is 21.7 Å². The summed E-state index contributed by atoms with van der Waals surface area (Å²) in [7, 11) is 0. The molecule has 0 aromatic carbocycles. The van der Waals surface area contributed by atoms with E-state index in [1.165, 1.54) is 0 Å². The molecule has 0 aliphatic carbocycles. The summed E-state index contributed by atoms with van der Waals surface area (Å²) in [5.41, 5.74) is 0. The zero-order chi connectivity index (χ0) is 10.6. The van der Waals surface area contributed by atoms with Gasteiger partial charge in [0, 0.05) is 12.6 Å². The zero-order valence-corrected chi connectivity index (χ0v) is 10.6. The van der Waals surface area contributed by atoms with Gasteiger partial charge in [-0.15, -0.1) is 0 Å². The van der Waals surface area contributed by atoms with Gasteiger partial charge in [-0.25, -0.2) is 0 Å². The highest BCUT2D eigenvalue weighted by Gasteiger charge is 2.10. The molecule has 0 saturated heterocycles. The van der Waals surface area contributed by atoms with Crippen LogP contribution < -0.4 is 5.32 Å². The molecule has 0 aliphatic rings. The third-order valence-electron chi connectivity index (χ3n) is 2.37. The van der Waals surface area contributed by atoms with Gasteiger partial charge in [-0.1, -0.05) is 6.92 Å². The number of hydrogen-bond donors (Lipinski definition) is 2. The van der Waals surface area contributed by atoms with Crippen molar-refractivity contribution in [1.29, 1.82) is 0 Å². The first kappa shape index (κ1) is 12.0. The normalized spacial score (nSPS) is 15.4. The fourth-order valence-corrected chi connectivity index (χ4v) is 1.53. The molecule has 80 valence electrons. The molecule has 1 heterocycles. The van der Waals surface area contributed by atoms with E-state index in [-0.39, 0.29) is 12.5 Å². The minimum absolute atomic E-state index is 0.212. The summed E-state index contributed by atoms with van der Waals surface area (Å²) in [6.07, 6.45) is 0. The van der Waals surface area contributed by atoms with Gasteiger partial charge in [0.15, 0.2) is 3.77 Å². The molecule has 0 amide bonds.